The summed E-state index contributed by atoms with van der Waals surface area (Å²) in [5.74, 6) is 1.95. The first kappa shape index (κ1) is 25.3. The van der Waals surface area contributed by atoms with Crippen molar-refractivity contribution in [2.24, 2.45) is 4.99 Å². The number of aliphatic imine (C=N–C) groups is 1. The summed E-state index contributed by atoms with van der Waals surface area (Å²) < 4.78 is 10.8. The minimum absolute atomic E-state index is 0. The Balaban J connectivity index is 0.00000420. The van der Waals surface area contributed by atoms with Gasteiger partial charge in [0.05, 0.1) is 26.3 Å². The number of halogens is 2. The van der Waals surface area contributed by atoms with E-state index in [-0.39, 0.29) is 43.2 Å². The highest BCUT2D eigenvalue weighted by Gasteiger charge is 2.09. The van der Waals surface area contributed by atoms with Crippen LogP contribution in [0.25, 0.3) is 0 Å². The normalized spacial score (nSPS) is 12.0. The summed E-state index contributed by atoms with van der Waals surface area (Å²) in [7, 11) is 1.59. The molecular formula is C21H29ClIN3O3. The molecule has 1 unspecified atom stereocenters. The van der Waals surface area contributed by atoms with Crippen LogP contribution in [0.3, 0.4) is 0 Å². The van der Waals surface area contributed by atoms with E-state index >= 15 is 0 Å². The summed E-state index contributed by atoms with van der Waals surface area (Å²) in [6.07, 6.45) is 0. The second-order valence-corrected chi connectivity index (χ2v) is 6.61. The number of nitrogens with one attached hydrogen (secondary N) is 2. The van der Waals surface area contributed by atoms with Crippen LogP contribution < -0.4 is 20.1 Å². The van der Waals surface area contributed by atoms with Gasteiger partial charge in [-0.1, -0.05) is 29.8 Å². The summed E-state index contributed by atoms with van der Waals surface area (Å²) >= 11 is 5.97. The summed E-state index contributed by atoms with van der Waals surface area (Å²) in [6, 6.07) is 13.5. The van der Waals surface area contributed by atoms with Gasteiger partial charge in [0, 0.05) is 11.6 Å². The molecule has 8 heteroatoms. The maximum absolute atomic E-state index is 8.91. The van der Waals surface area contributed by atoms with Gasteiger partial charge in [-0.25, -0.2) is 4.99 Å². The van der Waals surface area contributed by atoms with Crippen molar-refractivity contribution in [1.82, 2.24) is 10.6 Å². The SMILES string of the molecule is CCNC(=NCc1ccc(OCCO)c(OC)c1)NC(C)c1ccc(Cl)cc1.I. The number of benzene rings is 2. The van der Waals surface area contributed by atoms with Crippen molar-refractivity contribution in [2.75, 3.05) is 26.9 Å². The number of aliphatic hydroxyl groups excluding tert-OH is 1. The van der Waals surface area contributed by atoms with Gasteiger partial charge < -0.3 is 25.2 Å². The van der Waals surface area contributed by atoms with Crippen LogP contribution in [0.4, 0.5) is 0 Å². The van der Waals surface area contributed by atoms with Gasteiger partial charge in [-0.05, 0) is 49.2 Å². The van der Waals surface area contributed by atoms with Crippen molar-refractivity contribution in [3.63, 3.8) is 0 Å². The third-order valence-corrected chi connectivity index (χ3v) is 4.32. The Morgan fingerprint density at radius 2 is 1.90 bits per heavy atom. The zero-order valence-corrected chi connectivity index (χ0v) is 20.0. The lowest BCUT2D eigenvalue weighted by atomic mass is 10.1. The van der Waals surface area contributed by atoms with Crippen LogP contribution in [-0.2, 0) is 6.54 Å². The lowest BCUT2D eigenvalue weighted by Crippen LogP contribution is -2.38. The smallest absolute Gasteiger partial charge is 0.192 e. The van der Waals surface area contributed by atoms with Gasteiger partial charge in [-0.2, -0.15) is 0 Å². The maximum Gasteiger partial charge on any atom is 0.192 e. The van der Waals surface area contributed by atoms with Crippen molar-refractivity contribution in [2.45, 2.75) is 26.4 Å². The van der Waals surface area contributed by atoms with Gasteiger partial charge in [0.1, 0.15) is 6.61 Å². The first-order valence-electron chi connectivity index (χ1n) is 9.28. The van der Waals surface area contributed by atoms with E-state index < -0.39 is 0 Å². The summed E-state index contributed by atoms with van der Waals surface area (Å²) in [5, 5.41) is 16.3. The minimum atomic E-state index is -0.0429. The molecule has 0 fully saturated rings. The molecule has 0 saturated heterocycles. The molecule has 0 amide bonds. The fourth-order valence-electron chi connectivity index (χ4n) is 2.62. The summed E-state index contributed by atoms with van der Waals surface area (Å²) in [5.41, 5.74) is 2.12. The van der Waals surface area contributed by atoms with Gasteiger partial charge >= 0.3 is 0 Å². The molecule has 0 radical (unpaired) electrons. The molecule has 0 aliphatic heterocycles. The first-order valence-corrected chi connectivity index (χ1v) is 9.66. The highest BCUT2D eigenvalue weighted by atomic mass is 127. The highest BCUT2D eigenvalue weighted by molar-refractivity contribution is 14.0. The zero-order valence-electron chi connectivity index (χ0n) is 16.9. The van der Waals surface area contributed by atoms with Crippen molar-refractivity contribution in [3.8, 4) is 11.5 Å². The van der Waals surface area contributed by atoms with E-state index in [1.54, 1.807) is 7.11 Å². The van der Waals surface area contributed by atoms with Crippen LogP contribution in [0.2, 0.25) is 5.02 Å². The Hall–Kier alpha value is -1.71. The molecule has 0 aliphatic rings. The van der Waals surface area contributed by atoms with E-state index in [0.29, 0.717) is 18.0 Å². The lowest BCUT2D eigenvalue weighted by molar-refractivity contribution is 0.196. The number of methoxy groups -OCH3 is 1. The molecule has 0 aromatic heterocycles. The number of rotatable bonds is 9. The van der Waals surface area contributed by atoms with Crippen molar-refractivity contribution >= 4 is 41.5 Å². The largest absolute Gasteiger partial charge is 0.493 e. The molecule has 0 spiro atoms. The molecule has 0 aliphatic carbocycles. The number of ether oxygens (including phenoxy) is 2. The number of nitrogens with zero attached hydrogens (tertiary/aromatic N) is 1. The van der Waals surface area contributed by atoms with Crippen LogP contribution in [0.15, 0.2) is 47.5 Å². The summed E-state index contributed by atoms with van der Waals surface area (Å²) in [4.78, 5) is 4.67. The van der Waals surface area contributed by atoms with E-state index in [0.717, 1.165) is 28.7 Å². The number of aliphatic hydroxyl groups is 1. The molecule has 0 heterocycles. The van der Waals surface area contributed by atoms with Crippen LogP contribution in [0, 0.1) is 0 Å². The third-order valence-electron chi connectivity index (χ3n) is 4.06. The van der Waals surface area contributed by atoms with Crippen LogP contribution in [-0.4, -0.2) is 37.9 Å². The first-order chi connectivity index (χ1) is 13.6. The van der Waals surface area contributed by atoms with Gasteiger partial charge in [0.2, 0.25) is 0 Å². The Kier molecular flexibility index (Phi) is 11.8. The monoisotopic (exact) mass is 533 g/mol. The fourth-order valence-corrected chi connectivity index (χ4v) is 2.74. The molecule has 2 rings (SSSR count). The van der Waals surface area contributed by atoms with E-state index in [9.17, 15) is 0 Å². The topological polar surface area (TPSA) is 75.1 Å². The van der Waals surface area contributed by atoms with E-state index in [1.807, 2.05) is 49.4 Å². The quantitative estimate of drug-likeness (QED) is 0.257. The number of hydrogen-bond acceptors (Lipinski definition) is 4. The van der Waals surface area contributed by atoms with E-state index in [1.165, 1.54) is 0 Å². The van der Waals surface area contributed by atoms with Crippen molar-refractivity contribution < 1.29 is 14.6 Å². The highest BCUT2D eigenvalue weighted by Crippen LogP contribution is 2.28. The molecule has 0 bridgehead atoms. The maximum atomic E-state index is 8.91. The van der Waals surface area contributed by atoms with Gasteiger partial charge in [0.25, 0.3) is 0 Å². The molecule has 160 valence electrons. The second kappa shape index (κ2) is 13.5. The molecule has 1 atom stereocenters. The molecule has 2 aromatic carbocycles. The molecule has 0 saturated carbocycles. The van der Waals surface area contributed by atoms with Crippen molar-refractivity contribution in [1.29, 1.82) is 0 Å². The van der Waals surface area contributed by atoms with E-state index in [2.05, 4.69) is 22.5 Å². The van der Waals surface area contributed by atoms with E-state index in [4.69, 9.17) is 26.2 Å². The fraction of sp³-hybridized carbons (Fsp3) is 0.381. The average molecular weight is 534 g/mol. The van der Waals surface area contributed by atoms with Crippen LogP contribution in [0.5, 0.6) is 11.5 Å². The Labute approximate surface area is 194 Å². The Bertz CT molecular complexity index is 772. The van der Waals surface area contributed by atoms with Gasteiger partial charge in [0.15, 0.2) is 17.5 Å². The summed E-state index contributed by atoms with van der Waals surface area (Å²) in [6.45, 7) is 5.53. The lowest BCUT2D eigenvalue weighted by Gasteiger charge is -2.18. The predicted octanol–water partition coefficient (Wildman–Crippen LogP) is 4.15. The molecule has 29 heavy (non-hydrogen) atoms. The Morgan fingerprint density at radius 1 is 1.17 bits per heavy atom. The number of guanidine groups is 1. The molecule has 6 nitrogen and oxygen atoms in total. The van der Waals surface area contributed by atoms with Crippen LogP contribution >= 0.6 is 35.6 Å². The van der Waals surface area contributed by atoms with Crippen LogP contribution in [0.1, 0.15) is 31.0 Å². The average Bonchev–Trinajstić information content (AvgIpc) is 2.71. The minimum Gasteiger partial charge on any atom is -0.493 e. The third kappa shape index (κ3) is 8.28. The Morgan fingerprint density at radius 3 is 2.52 bits per heavy atom. The number of hydrogen-bond donors (Lipinski definition) is 3. The van der Waals surface area contributed by atoms with Gasteiger partial charge in [-0.3, -0.25) is 0 Å². The molecule has 2 aromatic rings. The predicted molar refractivity (Wildman–Crippen MR) is 129 cm³/mol. The molecule has 3 N–H and O–H groups in total. The second-order valence-electron chi connectivity index (χ2n) is 6.17. The standard InChI is InChI=1S/C21H28ClN3O3.HI/c1-4-23-21(25-15(2)17-6-8-18(22)9-7-17)24-14-16-5-10-19(28-12-11-26)20(13-16)27-3;/h5-10,13,15,26H,4,11-12,14H2,1-3H3,(H2,23,24,25);1H. The molecular weight excluding hydrogens is 505 g/mol. The zero-order chi connectivity index (χ0) is 20.4. The van der Waals surface area contributed by atoms with Gasteiger partial charge in [-0.15, -0.1) is 24.0 Å². The van der Waals surface area contributed by atoms with Crippen molar-refractivity contribution in [3.05, 3.63) is 58.6 Å².